The zero-order valence-electron chi connectivity index (χ0n) is 19.5. The van der Waals surface area contributed by atoms with E-state index in [0.717, 1.165) is 37.7 Å². The topological polar surface area (TPSA) is 88.2 Å². The SMILES string of the molecule is CN1CCN(S(=O)(=O)c2cccc(NC(=O)C3(c4ccc5c(c4)OCO5)CCCCC3)c2)CC1. The van der Waals surface area contributed by atoms with Crippen LogP contribution >= 0.6 is 0 Å². The van der Waals surface area contributed by atoms with Crippen LogP contribution in [0.1, 0.15) is 37.7 Å². The first kappa shape index (κ1) is 23.1. The lowest BCUT2D eigenvalue weighted by atomic mass is 9.68. The molecule has 0 unspecified atom stereocenters. The number of amides is 1. The summed E-state index contributed by atoms with van der Waals surface area (Å²) in [6.07, 6.45) is 4.48. The number of nitrogens with one attached hydrogen (secondary N) is 1. The Labute approximate surface area is 200 Å². The molecule has 0 bridgehead atoms. The molecule has 2 aromatic carbocycles. The second-order valence-electron chi connectivity index (χ2n) is 9.40. The molecular weight excluding hydrogens is 454 g/mol. The van der Waals surface area contributed by atoms with E-state index < -0.39 is 15.4 Å². The number of likely N-dealkylation sites (N-methyl/N-ethyl adjacent to an activating group) is 1. The molecule has 1 saturated carbocycles. The molecule has 2 aliphatic heterocycles. The summed E-state index contributed by atoms with van der Waals surface area (Å²) in [5, 5.41) is 3.04. The zero-order chi connectivity index (χ0) is 23.8. The van der Waals surface area contributed by atoms with Crippen LogP contribution in [0.15, 0.2) is 47.4 Å². The Bertz CT molecular complexity index is 1170. The van der Waals surface area contributed by atoms with Crippen molar-refractivity contribution >= 4 is 21.6 Å². The number of nitrogens with zero attached hydrogens (tertiary/aromatic N) is 2. The van der Waals surface area contributed by atoms with E-state index in [-0.39, 0.29) is 17.6 Å². The number of piperazine rings is 1. The molecule has 2 fully saturated rings. The fraction of sp³-hybridized carbons (Fsp3) is 0.480. The Morgan fingerprint density at radius 1 is 0.941 bits per heavy atom. The van der Waals surface area contributed by atoms with Gasteiger partial charge in [0.2, 0.25) is 22.7 Å². The zero-order valence-corrected chi connectivity index (χ0v) is 20.3. The van der Waals surface area contributed by atoms with Crippen LogP contribution in [0.5, 0.6) is 11.5 Å². The van der Waals surface area contributed by atoms with Crippen molar-refractivity contribution in [3.8, 4) is 11.5 Å². The molecule has 2 aromatic rings. The van der Waals surface area contributed by atoms with Gasteiger partial charge < -0.3 is 19.7 Å². The summed E-state index contributed by atoms with van der Waals surface area (Å²) >= 11 is 0. The van der Waals surface area contributed by atoms with Crippen LogP contribution in [0, 0.1) is 0 Å². The van der Waals surface area contributed by atoms with E-state index in [0.29, 0.717) is 43.4 Å². The minimum atomic E-state index is -3.62. The van der Waals surface area contributed by atoms with Gasteiger partial charge in [0.25, 0.3) is 0 Å². The molecule has 182 valence electrons. The van der Waals surface area contributed by atoms with E-state index in [1.165, 1.54) is 4.31 Å². The van der Waals surface area contributed by atoms with Crippen molar-refractivity contribution in [2.75, 3.05) is 45.3 Å². The van der Waals surface area contributed by atoms with Crippen molar-refractivity contribution in [2.45, 2.75) is 42.4 Å². The molecule has 1 N–H and O–H groups in total. The van der Waals surface area contributed by atoms with Gasteiger partial charge in [-0.25, -0.2) is 8.42 Å². The summed E-state index contributed by atoms with van der Waals surface area (Å²) in [4.78, 5) is 16.1. The van der Waals surface area contributed by atoms with Crippen molar-refractivity contribution < 1.29 is 22.7 Å². The smallest absolute Gasteiger partial charge is 0.243 e. The second kappa shape index (κ2) is 9.20. The number of rotatable bonds is 5. The molecule has 1 saturated heterocycles. The van der Waals surface area contributed by atoms with Gasteiger partial charge >= 0.3 is 0 Å². The molecule has 0 spiro atoms. The maximum absolute atomic E-state index is 13.7. The van der Waals surface area contributed by atoms with Crippen molar-refractivity contribution in [1.82, 2.24) is 9.21 Å². The maximum atomic E-state index is 13.7. The van der Waals surface area contributed by atoms with E-state index in [2.05, 4.69) is 10.2 Å². The molecule has 0 aromatic heterocycles. The largest absolute Gasteiger partial charge is 0.454 e. The Morgan fingerprint density at radius 3 is 2.44 bits per heavy atom. The quantitative estimate of drug-likeness (QED) is 0.700. The first-order valence-electron chi connectivity index (χ1n) is 11.9. The van der Waals surface area contributed by atoms with Gasteiger partial charge in [0.1, 0.15) is 0 Å². The third kappa shape index (κ3) is 4.28. The molecule has 3 aliphatic rings. The summed E-state index contributed by atoms with van der Waals surface area (Å²) < 4.78 is 38.9. The third-order valence-corrected chi connectivity index (χ3v) is 9.15. The number of fused-ring (bicyclic) bond motifs is 1. The molecule has 0 atom stereocenters. The molecule has 0 radical (unpaired) electrons. The standard InChI is InChI=1S/C25H31N3O5S/c1-27-12-14-28(15-13-27)34(30,31)21-7-5-6-20(17-21)26-24(29)25(10-3-2-4-11-25)19-8-9-22-23(16-19)33-18-32-22/h5-9,16-17H,2-4,10-15,18H2,1H3,(H,26,29). The highest BCUT2D eigenvalue weighted by atomic mass is 32.2. The number of anilines is 1. The average molecular weight is 486 g/mol. The summed E-state index contributed by atoms with van der Waals surface area (Å²) in [5.41, 5.74) is 0.715. The Kier molecular flexibility index (Phi) is 6.26. The Morgan fingerprint density at radius 2 is 1.68 bits per heavy atom. The minimum absolute atomic E-state index is 0.111. The Hall–Kier alpha value is -2.62. The molecule has 34 heavy (non-hydrogen) atoms. The second-order valence-corrected chi connectivity index (χ2v) is 11.3. The number of sulfonamides is 1. The first-order valence-corrected chi connectivity index (χ1v) is 13.3. The van der Waals surface area contributed by atoms with E-state index in [4.69, 9.17) is 9.47 Å². The normalized spacial score (nSPS) is 20.7. The van der Waals surface area contributed by atoms with E-state index in [9.17, 15) is 13.2 Å². The number of hydrogen-bond donors (Lipinski definition) is 1. The van der Waals surface area contributed by atoms with Crippen LogP contribution in [-0.4, -0.2) is 63.5 Å². The van der Waals surface area contributed by atoms with Crippen molar-refractivity contribution in [2.24, 2.45) is 0 Å². The average Bonchev–Trinajstić information content (AvgIpc) is 3.33. The predicted octanol–water partition coefficient (Wildman–Crippen LogP) is 3.19. The molecule has 1 aliphatic carbocycles. The highest BCUT2D eigenvalue weighted by molar-refractivity contribution is 7.89. The van der Waals surface area contributed by atoms with Gasteiger partial charge in [-0.2, -0.15) is 4.31 Å². The molecule has 9 heteroatoms. The van der Waals surface area contributed by atoms with Crippen LogP contribution in [0.2, 0.25) is 0 Å². The fourth-order valence-corrected chi connectivity index (χ4v) is 6.63. The summed E-state index contributed by atoms with van der Waals surface area (Å²) in [5.74, 6) is 1.24. The summed E-state index contributed by atoms with van der Waals surface area (Å²) in [6, 6.07) is 12.3. The highest BCUT2D eigenvalue weighted by Crippen LogP contribution is 2.44. The van der Waals surface area contributed by atoms with Gasteiger partial charge in [-0.15, -0.1) is 0 Å². The third-order valence-electron chi connectivity index (χ3n) is 7.26. The van der Waals surface area contributed by atoms with Gasteiger partial charge in [-0.1, -0.05) is 31.4 Å². The monoisotopic (exact) mass is 485 g/mol. The van der Waals surface area contributed by atoms with Gasteiger partial charge in [-0.05, 0) is 55.8 Å². The molecule has 2 heterocycles. The van der Waals surface area contributed by atoms with E-state index in [1.54, 1.807) is 24.3 Å². The van der Waals surface area contributed by atoms with Crippen LogP contribution in [0.25, 0.3) is 0 Å². The van der Waals surface area contributed by atoms with Crippen LogP contribution < -0.4 is 14.8 Å². The summed E-state index contributed by atoms with van der Waals surface area (Å²) in [7, 11) is -1.63. The van der Waals surface area contributed by atoms with Crippen molar-refractivity contribution in [3.05, 3.63) is 48.0 Å². The number of hydrogen-bond acceptors (Lipinski definition) is 6. The van der Waals surface area contributed by atoms with Gasteiger partial charge in [0, 0.05) is 31.9 Å². The van der Waals surface area contributed by atoms with E-state index >= 15 is 0 Å². The van der Waals surface area contributed by atoms with Crippen LogP contribution in [0.4, 0.5) is 5.69 Å². The first-order chi connectivity index (χ1) is 16.4. The minimum Gasteiger partial charge on any atom is -0.454 e. The van der Waals surface area contributed by atoms with Crippen molar-refractivity contribution in [1.29, 1.82) is 0 Å². The Balaban J connectivity index is 1.40. The number of benzene rings is 2. The van der Waals surface area contributed by atoms with Crippen molar-refractivity contribution in [3.63, 3.8) is 0 Å². The lowest BCUT2D eigenvalue weighted by Gasteiger charge is -2.36. The molecular formula is C25H31N3O5S. The number of carbonyl (C=O) groups is 1. The predicted molar refractivity (Wildman–Crippen MR) is 129 cm³/mol. The fourth-order valence-electron chi connectivity index (χ4n) is 5.16. The highest BCUT2D eigenvalue weighted by Gasteiger charge is 2.42. The van der Waals surface area contributed by atoms with Gasteiger partial charge in [0.15, 0.2) is 11.5 Å². The lowest BCUT2D eigenvalue weighted by Crippen LogP contribution is -2.47. The van der Waals surface area contributed by atoms with Crippen LogP contribution in [0.3, 0.4) is 0 Å². The van der Waals surface area contributed by atoms with E-state index in [1.807, 2.05) is 25.2 Å². The van der Waals surface area contributed by atoms with Gasteiger partial charge in [-0.3, -0.25) is 4.79 Å². The molecule has 5 rings (SSSR count). The molecule has 8 nitrogen and oxygen atoms in total. The van der Waals surface area contributed by atoms with Gasteiger partial charge in [0.05, 0.1) is 10.3 Å². The van der Waals surface area contributed by atoms with Crippen LogP contribution in [-0.2, 0) is 20.2 Å². The lowest BCUT2D eigenvalue weighted by molar-refractivity contribution is -0.122. The number of carbonyl (C=O) groups excluding carboxylic acids is 1. The number of ether oxygens (including phenoxy) is 2. The summed E-state index contributed by atoms with van der Waals surface area (Å²) in [6.45, 7) is 2.51. The molecule has 1 amide bonds. The maximum Gasteiger partial charge on any atom is 0.243 e.